The van der Waals surface area contributed by atoms with Crippen LogP contribution in [0.2, 0.25) is 18.1 Å². The number of carbonyl (C=O) groups is 2. The molecule has 1 aliphatic rings. The van der Waals surface area contributed by atoms with E-state index >= 15 is 0 Å². The number of hydrogen-bond donors (Lipinski definition) is 1. The molecule has 2 atom stereocenters. The zero-order valence-corrected chi connectivity index (χ0v) is 20.9. The van der Waals surface area contributed by atoms with Gasteiger partial charge in [-0.15, -0.1) is 0 Å². The molecule has 0 spiro atoms. The molecule has 1 aromatic carbocycles. The number of nitrogens with two attached hydrogens (primary N) is 1. The molecule has 31 heavy (non-hydrogen) atoms. The summed E-state index contributed by atoms with van der Waals surface area (Å²) in [7, 11) is 1.00. The van der Waals surface area contributed by atoms with Crippen LogP contribution in [-0.4, -0.2) is 64.6 Å². The van der Waals surface area contributed by atoms with Crippen LogP contribution in [-0.2, 0) is 14.0 Å². The maximum absolute atomic E-state index is 13.5. The zero-order valence-electron chi connectivity index (χ0n) is 19.9. The fourth-order valence-electron chi connectivity index (χ4n) is 3.36. The van der Waals surface area contributed by atoms with Gasteiger partial charge in [0.05, 0.1) is 39.0 Å². The van der Waals surface area contributed by atoms with Crippen LogP contribution in [0.3, 0.4) is 0 Å². The van der Waals surface area contributed by atoms with Gasteiger partial charge in [0.2, 0.25) is 0 Å². The van der Waals surface area contributed by atoms with Crippen LogP contribution < -0.4 is 15.2 Å². The minimum Gasteiger partial charge on any atom is -0.493 e. The van der Waals surface area contributed by atoms with Gasteiger partial charge in [0.25, 0.3) is 5.91 Å². The Morgan fingerprint density at radius 1 is 1.16 bits per heavy atom. The summed E-state index contributed by atoms with van der Waals surface area (Å²) in [4.78, 5) is 26.7. The van der Waals surface area contributed by atoms with E-state index in [9.17, 15) is 9.59 Å². The number of benzene rings is 1. The van der Waals surface area contributed by atoms with Crippen molar-refractivity contribution in [2.75, 3.05) is 33.1 Å². The Kier molecular flexibility index (Phi) is 7.64. The topological polar surface area (TPSA) is 100 Å². The fourth-order valence-corrected chi connectivity index (χ4v) is 4.40. The lowest BCUT2D eigenvalue weighted by atomic mass is 10.1. The Bertz CT molecular complexity index is 821. The first-order chi connectivity index (χ1) is 14.3. The zero-order chi connectivity index (χ0) is 23.6. The first-order valence-corrected chi connectivity index (χ1v) is 13.3. The predicted molar refractivity (Wildman–Crippen MR) is 122 cm³/mol. The molecule has 174 valence electrons. The number of esters is 1. The van der Waals surface area contributed by atoms with Crippen molar-refractivity contribution in [2.45, 2.75) is 64.4 Å². The van der Waals surface area contributed by atoms with Gasteiger partial charge in [0, 0.05) is 25.1 Å². The maximum atomic E-state index is 13.5. The van der Waals surface area contributed by atoms with Gasteiger partial charge in [-0.1, -0.05) is 20.8 Å². The summed E-state index contributed by atoms with van der Waals surface area (Å²) >= 11 is 0. The highest BCUT2D eigenvalue weighted by molar-refractivity contribution is 6.74. The van der Waals surface area contributed by atoms with E-state index in [0.717, 1.165) is 0 Å². The van der Waals surface area contributed by atoms with Crippen molar-refractivity contribution in [3.05, 3.63) is 17.7 Å². The van der Waals surface area contributed by atoms with Crippen LogP contribution in [0.4, 0.5) is 5.69 Å². The molecule has 2 rings (SSSR count). The SMILES string of the molecule is COc1cc(N)c(C(=O)N2C[C@H](OC(C)=O)C[C@H]2CO[Si](C)(C)C(C)(C)C)cc1OC. The standard InChI is InChI=1S/C22H36N2O6Si/c1-14(25)30-16-9-15(13-29-31(7,8)22(2,3)4)24(12-16)21(26)17-10-19(27-5)20(28-6)11-18(17)23/h10-11,15-16H,9,12-13,23H2,1-8H3/t15-,16+/m0/s1. The lowest BCUT2D eigenvalue weighted by Crippen LogP contribution is -2.46. The monoisotopic (exact) mass is 452 g/mol. The van der Waals surface area contributed by atoms with Crippen molar-refractivity contribution in [1.82, 2.24) is 4.90 Å². The van der Waals surface area contributed by atoms with Gasteiger partial charge >= 0.3 is 5.97 Å². The van der Waals surface area contributed by atoms with Gasteiger partial charge in [-0.2, -0.15) is 0 Å². The summed E-state index contributed by atoms with van der Waals surface area (Å²) in [6, 6.07) is 2.94. The third-order valence-corrected chi connectivity index (χ3v) is 10.7. The number of methoxy groups -OCH3 is 2. The number of hydrogen-bond acceptors (Lipinski definition) is 7. The van der Waals surface area contributed by atoms with E-state index in [-0.39, 0.29) is 35.6 Å². The van der Waals surface area contributed by atoms with E-state index in [0.29, 0.717) is 35.8 Å². The highest BCUT2D eigenvalue weighted by atomic mass is 28.4. The van der Waals surface area contributed by atoms with Gasteiger partial charge in [-0.3, -0.25) is 9.59 Å². The van der Waals surface area contributed by atoms with Crippen molar-refractivity contribution in [2.24, 2.45) is 0 Å². The molecule has 0 unspecified atom stereocenters. The second-order valence-corrected chi connectivity index (χ2v) is 14.3. The lowest BCUT2D eigenvalue weighted by molar-refractivity contribution is -0.145. The number of ether oxygens (including phenoxy) is 3. The van der Waals surface area contributed by atoms with E-state index in [4.69, 9.17) is 24.4 Å². The van der Waals surface area contributed by atoms with Gasteiger partial charge in [-0.05, 0) is 24.2 Å². The molecule has 0 aromatic heterocycles. The van der Waals surface area contributed by atoms with Crippen LogP contribution in [0, 0.1) is 0 Å². The highest BCUT2D eigenvalue weighted by Crippen LogP contribution is 2.38. The number of nitrogen functional groups attached to an aromatic ring is 1. The summed E-state index contributed by atoms with van der Waals surface area (Å²) in [6.07, 6.45) is 0.142. The van der Waals surface area contributed by atoms with Gasteiger partial charge in [0.1, 0.15) is 6.10 Å². The van der Waals surface area contributed by atoms with Crippen LogP contribution in [0.25, 0.3) is 0 Å². The average molecular weight is 453 g/mol. The summed E-state index contributed by atoms with van der Waals surface area (Å²) < 4.78 is 22.4. The third-order valence-electron chi connectivity index (χ3n) is 6.20. The first-order valence-electron chi connectivity index (χ1n) is 10.4. The normalized spacial score (nSPS) is 19.3. The van der Waals surface area contributed by atoms with Gasteiger partial charge in [0.15, 0.2) is 19.8 Å². The Labute approximate surface area is 186 Å². The molecule has 0 aliphatic carbocycles. The Hall–Kier alpha value is -2.26. The number of carbonyl (C=O) groups excluding carboxylic acids is 2. The van der Waals surface area contributed by atoms with Crippen molar-refractivity contribution in [1.29, 1.82) is 0 Å². The van der Waals surface area contributed by atoms with Crippen LogP contribution >= 0.6 is 0 Å². The number of anilines is 1. The average Bonchev–Trinajstić information content (AvgIpc) is 3.06. The van der Waals surface area contributed by atoms with Crippen molar-refractivity contribution in [3.63, 3.8) is 0 Å². The number of amides is 1. The number of likely N-dealkylation sites (tertiary alicyclic amines) is 1. The third kappa shape index (κ3) is 5.71. The summed E-state index contributed by atoms with van der Waals surface area (Å²) in [6.45, 7) is 12.9. The molecule has 1 saturated heterocycles. The molecule has 1 aromatic rings. The lowest BCUT2D eigenvalue weighted by Gasteiger charge is -2.38. The molecule has 0 saturated carbocycles. The Morgan fingerprint density at radius 2 is 1.74 bits per heavy atom. The van der Waals surface area contributed by atoms with Gasteiger partial charge < -0.3 is 29.3 Å². The molecule has 1 aliphatic heterocycles. The Balaban J connectivity index is 2.31. The summed E-state index contributed by atoms with van der Waals surface area (Å²) in [5.74, 6) is 0.254. The van der Waals surface area contributed by atoms with E-state index in [1.807, 2.05) is 0 Å². The number of rotatable bonds is 7. The first kappa shape index (κ1) is 25.0. The van der Waals surface area contributed by atoms with Crippen molar-refractivity contribution < 1.29 is 28.2 Å². The Morgan fingerprint density at radius 3 is 2.26 bits per heavy atom. The molecular formula is C22H36N2O6Si. The van der Waals surface area contributed by atoms with E-state index in [2.05, 4.69) is 33.9 Å². The maximum Gasteiger partial charge on any atom is 0.302 e. The summed E-state index contributed by atoms with van der Waals surface area (Å²) in [5, 5.41) is 0.0451. The van der Waals surface area contributed by atoms with Gasteiger partial charge in [-0.25, -0.2) is 0 Å². The minimum absolute atomic E-state index is 0.0451. The molecule has 1 amide bonds. The molecule has 8 nitrogen and oxygen atoms in total. The van der Waals surface area contributed by atoms with Crippen LogP contribution in [0.1, 0.15) is 44.5 Å². The molecule has 9 heteroatoms. The molecule has 1 heterocycles. The smallest absolute Gasteiger partial charge is 0.302 e. The molecular weight excluding hydrogens is 416 g/mol. The predicted octanol–water partition coefficient (Wildman–Crippen LogP) is 3.45. The summed E-state index contributed by atoms with van der Waals surface area (Å²) in [5.41, 5.74) is 6.77. The van der Waals surface area contributed by atoms with E-state index < -0.39 is 8.32 Å². The van der Waals surface area contributed by atoms with Crippen molar-refractivity contribution >= 4 is 25.9 Å². The second kappa shape index (κ2) is 9.48. The van der Waals surface area contributed by atoms with E-state index in [1.54, 1.807) is 17.0 Å². The fraction of sp³-hybridized carbons (Fsp3) is 0.636. The number of nitrogens with zero attached hydrogens (tertiary/aromatic N) is 1. The molecule has 0 radical (unpaired) electrons. The highest BCUT2D eigenvalue weighted by Gasteiger charge is 2.42. The van der Waals surface area contributed by atoms with Crippen molar-refractivity contribution in [3.8, 4) is 11.5 Å². The largest absolute Gasteiger partial charge is 0.493 e. The molecule has 1 fully saturated rings. The molecule has 0 bridgehead atoms. The quantitative estimate of drug-likeness (QED) is 0.384. The van der Waals surface area contributed by atoms with Crippen LogP contribution in [0.5, 0.6) is 11.5 Å². The van der Waals surface area contributed by atoms with Crippen LogP contribution in [0.15, 0.2) is 12.1 Å². The minimum atomic E-state index is -2.02. The molecule has 2 N–H and O–H groups in total. The van der Waals surface area contributed by atoms with E-state index in [1.165, 1.54) is 21.1 Å². The second-order valence-electron chi connectivity index (χ2n) is 9.44.